The maximum Gasteiger partial charge on any atom is 0.150 e. The van der Waals surface area contributed by atoms with E-state index in [0.717, 1.165) is 37.9 Å². The summed E-state index contributed by atoms with van der Waals surface area (Å²) in [6.07, 6.45) is 3.11. The molecule has 0 spiro atoms. The van der Waals surface area contributed by atoms with Gasteiger partial charge in [0.25, 0.3) is 0 Å². The van der Waals surface area contributed by atoms with Crippen molar-refractivity contribution in [3.8, 4) is 0 Å². The van der Waals surface area contributed by atoms with Crippen LogP contribution < -0.4 is 0 Å². The summed E-state index contributed by atoms with van der Waals surface area (Å²) in [5.74, 6) is 0. The lowest BCUT2D eigenvalue weighted by Gasteiger charge is -2.21. The van der Waals surface area contributed by atoms with Crippen molar-refractivity contribution in [3.63, 3.8) is 0 Å². The Morgan fingerprint density at radius 1 is 1.33 bits per heavy atom. The number of benzene rings is 1. The number of aldehydes is 1. The fraction of sp³-hybridized carbons (Fsp3) is 0.417. The molecule has 1 aliphatic heterocycles. The van der Waals surface area contributed by atoms with Crippen molar-refractivity contribution in [2.24, 2.45) is 0 Å². The van der Waals surface area contributed by atoms with E-state index in [0.29, 0.717) is 5.25 Å². The molecule has 0 radical (unpaired) electrons. The summed E-state index contributed by atoms with van der Waals surface area (Å²) in [5.41, 5.74) is 0.757. The van der Waals surface area contributed by atoms with Crippen molar-refractivity contribution < 1.29 is 9.53 Å². The second-order valence-corrected chi connectivity index (χ2v) is 4.99. The van der Waals surface area contributed by atoms with E-state index >= 15 is 0 Å². The molecule has 1 saturated heterocycles. The van der Waals surface area contributed by atoms with E-state index in [9.17, 15) is 4.79 Å². The molecule has 3 heteroatoms. The second kappa shape index (κ2) is 5.33. The van der Waals surface area contributed by atoms with Gasteiger partial charge in [-0.2, -0.15) is 0 Å². The third kappa shape index (κ3) is 3.08. The van der Waals surface area contributed by atoms with Crippen molar-refractivity contribution in [2.45, 2.75) is 23.0 Å². The largest absolute Gasteiger partial charge is 0.381 e. The first-order valence-corrected chi connectivity index (χ1v) is 6.06. The molecule has 1 aromatic carbocycles. The Bertz CT molecular complexity index is 332. The Labute approximate surface area is 94.0 Å². The lowest BCUT2D eigenvalue weighted by molar-refractivity contribution is 0.1000. The van der Waals surface area contributed by atoms with Crippen molar-refractivity contribution in [2.75, 3.05) is 13.2 Å². The molecular weight excluding hydrogens is 208 g/mol. The van der Waals surface area contributed by atoms with Crippen molar-refractivity contribution in [1.29, 1.82) is 0 Å². The highest BCUT2D eigenvalue weighted by Crippen LogP contribution is 2.29. The highest BCUT2D eigenvalue weighted by molar-refractivity contribution is 8.00. The van der Waals surface area contributed by atoms with Gasteiger partial charge in [0.15, 0.2) is 0 Å². The fourth-order valence-electron chi connectivity index (χ4n) is 1.65. The van der Waals surface area contributed by atoms with Crippen LogP contribution in [0.3, 0.4) is 0 Å². The lowest BCUT2D eigenvalue weighted by atomic mass is 10.2. The van der Waals surface area contributed by atoms with Crippen LogP contribution in [0.5, 0.6) is 0 Å². The molecule has 80 valence electrons. The summed E-state index contributed by atoms with van der Waals surface area (Å²) in [4.78, 5) is 11.8. The fourth-order valence-corrected chi connectivity index (χ4v) is 2.82. The van der Waals surface area contributed by atoms with Gasteiger partial charge in [-0.25, -0.2) is 0 Å². The minimum Gasteiger partial charge on any atom is -0.381 e. The van der Waals surface area contributed by atoms with Crippen LogP contribution in [0, 0.1) is 0 Å². The topological polar surface area (TPSA) is 26.3 Å². The highest BCUT2D eigenvalue weighted by atomic mass is 32.2. The molecule has 0 saturated carbocycles. The molecule has 0 unspecified atom stereocenters. The third-order valence-electron chi connectivity index (χ3n) is 2.47. The molecule has 0 atom stereocenters. The van der Waals surface area contributed by atoms with Crippen molar-refractivity contribution in [3.05, 3.63) is 29.8 Å². The number of carbonyl (C=O) groups excluding carboxylic acids is 1. The first-order chi connectivity index (χ1) is 7.38. The van der Waals surface area contributed by atoms with Gasteiger partial charge >= 0.3 is 0 Å². The number of ether oxygens (including phenoxy) is 1. The molecule has 2 nitrogen and oxygen atoms in total. The molecule has 0 aliphatic carbocycles. The van der Waals surface area contributed by atoms with E-state index in [4.69, 9.17) is 4.74 Å². The Morgan fingerprint density at radius 3 is 2.87 bits per heavy atom. The Hall–Kier alpha value is -0.800. The molecule has 0 aromatic heterocycles. The minimum atomic E-state index is 0.639. The number of rotatable bonds is 3. The summed E-state index contributed by atoms with van der Waals surface area (Å²) < 4.78 is 5.31. The summed E-state index contributed by atoms with van der Waals surface area (Å²) in [6.45, 7) is 1.73. The van der Waals surface area contributed by atoms with Crippen LogP contribution in [0.15, 0.2) is 29.2 Å². The Morgan fingerprint density at radius 2 is 2.13 bits per heavy atom. The molecule has 0 bridgehead atoms. The van der Waals surface area contributed by atoms with Crippen LogP contribution in [0.1, 0.15) is 23.2 Å². The van der Waals surface area contributed by atoms with Gasteiger partial charge in [-0.15, -0.1) is 11.8 Å². The zero-order valence-corrected chi connectivity index (χ0v) is 9.33. The van der Waals surface area contributed by atoms with Crippen LogP contribution >= 0.6 is 11.8 Å². The quantitative estimate of drug-likeness (QED) is 0.736. The molecule has 2 rings (SSSR count). The standard InChI is InChI=1S/C12H14O2S/c13-9-10-2-1-3-12(8-10)15-11-4-6-14-7-5-11/h1-3,8-9,11H,4-7H2. The van der Waals surface area contributed by atoms with E-state index in [1.165, 1.54) is 4.90 Å². The zero-order valence-electron chi connectivity index (χ0n) is 8.52. The smallest absolute Gasteiger partial charge is 0.150 e. The van der Waals surface area contributed by atoms with E-state index in [2.05, 4.69) is 6.07 Å². The number of hydrogen-bond acceptors (Lipinski definition) is 3. The predicted molar refractivity (Wildman–Crippen MR) is 61.5 cm³/mol. The first kappa shape index (κ1) is 10.7. The van der Waals surface area contributed by atoms with Crippen LogP contribution in [0.25, 0.3) is 0 Å². The van der Waals surface area contributed by atoms with Gasteiger partial charge in [0.05, 0.1) is 0 Å². The van der Waals surface area contributed by atoms with Crippen molar-refractivity contribution in [1.82, 2.24) is 0 Å². The summed E-state index contributed by atoms with van der Waals surface area (Å²) in [6, 6.07) is 7.78. The van der Waals surface area contributed by atoms with Crippen LogP contribution in [0.4, 0.5) is 0 Å². The zero-order chi connectivity index (χ0) is 10.5. The molecule has 1 heterocycles. The normalized spacial score (nSPS) is 17.6. The maximum atomic E-state index is 10.6. The average Bonchev–Trinajstić information content (AvgIpc) is 2.31. The van der Waals surface area contributed by atoms with Crippen LogP contribution in [-0.2, 0) is 4.74 Å². The molecular formula is C12H14O2S. The van der Waals surface area contributed by atoms with Crippen molar-refractivity contribution >= 4 is 18.0 Å². The van der Waals surface area contributed by atoms with Crippen LogP contribution in [-0.4, -0.2) is 24.7 Å². The van der Waals surface area contributed by atoms with Gasteiger partial charge in [0, 0.05) is 28.9 Å². The molecule has 15 heavy (non-hydrogen) atoms. The highest BCUT2D eigenvalue weighted by Gasteiger charge is 2.14. The van der Waals surface area contributed by atoms with Gasteiger partial charge in [0.2, 0.25) is 0 Å². The van der Waals surface area contributed by atoms with Gasteiger partial charge in [0.1, 0.15) is 6.29 Å². The van der Waals surface area contributed by atoms with E-state index in [1.807, 2.05) is 30.0 Å². The van der Waals surface area contributed by atoms with E-state index in [-0.39, 0.29) is 0 Å². The lowest BCUT2D eigenvalue weighted by Crippen LogP contribution is -2.17. The number of thioether (sulfide) groups is 1. The summed E-state index contributed by atoms with van der Waals surface area (Å²) >= 11 is 1.86. The maximum absolute atomic E-state index is 10.6. The van der Waals surface area contributed by atoms with Gasteiger partial charge < -0.3 is 4.74 Å². The first-order valence-electron chi connectivity index (χ1n) is 5.18. The minimum absolute atomic E-state index is 0.639. The molecule has 1 aliphatic rings. The Kier molecular flexibility index (Phi) is 3.80. The monoisotopic (exact) mass is 222 g/mol. The molecule has 1 fully saturated rings. The van der Waals surface area contributed by atoms with Gasteiger partial charge in [-0.3, -0.25) is 4.79 Å². The summed E-state index contributed by atoms with van der Waals surface area (Å²) in [7, 11) is 0. The third-order valence-corrected chi connectivity index (χ3v) is 3.80. The van der Waals surface area contributed by atoms with Crippen LogP contribution in [0.2, 0.25) is 0 Å². The van der Waals surface area contributed by atoms with Gasteiger partial charge in [-0.1, -0.05) is 12.1 Å². The van der Waals surface area contributed by atoms with E-state index in [1.54, 1.807) is 0 Å². The second-order valence-electron chi connectivity index (χ2n) is 3.62. The SMILES string of the molecule is O=Cc1cccc(SC2CCOCC2)c1. The molecule has 1 aromatic rings. The number of hydrogen-bond donors (Lipinski definition) is 0. The molecule has 0 amide bonds. The van der Waals surface area contributed by atoms with E-state index < -0.39 is 0 Å². The Balaban J connectivity index is 1.99. The molecule has 0 N–H and O–H groups in total. The number of carbonyl (C=O) groups is 1. The summed E-state index contributed by atoms with van der Waals surface area (Å²) in [5, 5.41) is 0.639. The van der Waals surface area contributed by atoms with Gasteiger partial charge in [-0.05, 0) is 25.0 Å². The predicted octanol–water partition coefficient (Wildman–Crippen LogP) is 2.77. The average molecular weight is 222 g/mol.